The standard InChI is InChI=1S/C34H47N7O3/c42-29(36-19-22-39-20-17-35-18-21-39)16-13-25-11-14-28(15-12-25)31-37-30-32(38-31)40(23-26-7-3-1-4-8-26)34(44)41(33(30)43)24-27-9-5-2-6-10-27/h11-16,26-27,35H,1-10,17-24H2,(H,36,42)(H,37,38)/b16-13+. The van der Waals surface area contributed by atoms with Crippen molar-refractivity contribution in [1.82, 2.24) is 34.6 Å². The molecule has 1 amide bonds. The summed E-state index contributed by atoms with van der Waals surface area (Å²) in [4.78, 5) is 50.4. The van der Waals surface area contributed by atoms with E-state index in [-0.39, 0.29) is 17.2 Å². The molecule has 6 rings (SSSR count). The van der Waals surface area contributed by atoms with Gasteiger partial charge in [0.2, 0.25) is 5.91 Å². The third kappa shape index (κ3) is 7.41. The lowest BCUT2D eigenvalue weighted by atomic mass is 9.89. The molecule has 3 aromatic rings. The maximum atomic E-state index is 13.8. The molecule has 236 valence electrons. The second-order valence-electron chi connectivity index (χ2n) is 12.9. The van der Waals surface area contributed by atoms with Crippen LogP contribution >= 0.6 is 0 Å². The molecule has 0 spiro atoms. The molecule has 3 N–H and O–H groups in total. The molecule has 1 saturated heterocycles. The average molecular weight is 602 g/mol. The van der Waals surface area contributed by atoms with Gasteiger partial charge in [0.15, 0.2) is 5.65 Å². The van der Waals surface area contributed by atoms with Crippen LogP contribution in [0.4, 0.5) is 0 Å². The van der Waals surface area contributed by atoms with Gasteiger partial charge in [0.05, 0.1) is 0 Å². The molecule has 0 unspecified atom stereocenters. The van der Waals surface area contributed by atoms with Crippen LogP contribution in [0.25, 0.3) is 28.6 Å². The van der Waals surface area contributed by atoms with E-state index in [4.69, 9.17) is 4.98 Å². The van der Waals surface area contributed by atoms with Crippen molar-refractivity contribution in [2.45, 2.75) is 77.3 Å². The summed E-state index contributed by atoms with van der Waals surface area (Å²) in [6, 6.07) is 7.74. The van der Waals surface area contributed by atoms with Crippen molar-refractivity contribution in [3.05, 3.63) is 56.7 Å². The normalized spacial score (nSPS) is 19.2. The summed E-state index contributed by atoms with van der Waals surface area (Å²) in [6.45, 7) is 6.59. The Balaban J connectivity index is 1.20. The summed E-state index contributed by atoms with van der Waals surface area (Å²) >= 11 is 0. The number of carbonyl (C=O) groups is 1. The monoisotopic (exact) mass is 601 g/mol. The first-order valence-corrected chi connectivity index (χ1v) is 16.8. The summed E-state index contributed by atoms with van der Waals surface area (Å²) in [5.41, 5.74) is 2.11. The van der Waals surface area contributed by atoms with Crippen molar-refractivity contribution < 1.29 is 4.79 Å². The average Bonchev–Trinajstić information content (AvgIpc) is 3.52. The van der Waals surface area contributed by atoms with Crippen LogP contribution in [0.2, 0.25) is 0 Å². The Morgan fingerprint density at radius 1 is 0.886 bits per heavy atom. The summed E-state index contributed by atoms with van der Waals surface area (Å²) in [5, 5.41) is 6.30. The number of fused-ring (bicyclic) bond motifs is 1. The highest BCUT2D eigenvalue weighted by Crippen LogP contribution is 2.27. The molecule has 0 atom stereocenters. The number of piperazine rings is 1. The van der Waals surface area contributed by atoms with E-state index in [0.29, 0.717) is 48.5 Å². The van der Waals surface area contributed by atoms with E-state index in [1.54, 1.807) is 16.7 Å². The van der Waals surface area contributed by atoms with Crippen molar-refractivity contribution in [3.8, 4) is 11.4 Å². The highest BCUT2D eigenvalue weighted by molar-refractivity contribution is 5.91. The zero-order chi connectivity index (χ0) is 30.3. The zero-order valence-corrected chi connectivity index (χ0v) is 25.9. The van der Waals surface area contributed by atoms with Gasteiger partial charge in [-0.1, -0.05) is 62.8 Å². The zero-order valence-electron chi connectivity index (χ0n) is 25.9. The third-order valence-electron chi connectivity index (χ3n) is 9.74. The number of benzene rings is 1. The highest BCUT2D eigenvalue weighted by atomic mass is 16.2. The minimum Gasteiger partial charge on any atom is -0.351 e. The van der Waals surface area contributed by atoms with E-state index in [2.05, 4.69) is 20.5 Å². The first kappa shape index (κ1) is 30.5. The van der Waals surface area contributed by atoms with E-state index in [1.807, 2.05) is 24.3 Å². The number of nitrogens with one attached hydrogen (secondary N) is 3. The number of hydrogen-bond acceptors (Lipinski definition) is 6. The fourth-order valence-electron chi connectivity index (χ4n) is 7.14. The van der Waals surface area contributed by atoms with Crippen LogP contribution in [0, 0.1) is 11.8 Å². The van der Waals surface area contributed by atoms with Gasteiger partial charge in [-0.15, -0.1) is 0 Å². The van der Waals surface area contributed by atoms with Gasteiger partial charge in [-0.2, -0.15) is 0 Å². The molecule has 10 nitrogen and oxygen atoms in total. The number of carbonyl (C=O) groups excluding carboxylic acids is 1. The highest BCUT2D eigenvalue weighted by Gasteiger charge is 2.24. The van der Waals surface area contributed by atoms with Gasteiger partial charge in [-0.05, 0) is 49.2 Å². The molecule has 3 aliphatic rings. The van der Waals surface area contributed by atoms with Gasteiger partial charge in [0, 0.05) is 64.0 Å². The second-order valence-corrected chi connectivity index (χ2v) is 12.9. The van der Waals surface area contributed by atoms with Gasteiger partial charge >= 0.3 is 5.69 Å². The number of nitrogens with zero attached hydrogens (tertiary/aromatic N) is 4. The van der Waals surface area contributed by atoms with Gasteiger partial charge in [0.25, 0.3) is 5.56 Å². The predicted molar refractivity (Wildman–Crippen MR) is 175 cm³/mol. The summed E-state index contributed by atoms with van der Waals surface area (Å²) in [7, 11) is 0. The largest absolute Gasteiger partial charge is 0.351 e. The SMILES string of the molecule is O=C(/C=C/c1ccc(-c2nc3c([nH]2)c(=O)n(CC2CCCCC2)c(=O)n3CC2CCCCC2)cc1)NCCN1CCNCC1. The summed E-state index contributed by atoms with van der Waals surface area (Å²) in [5.74, 6) is 1.26. The van der Waals surface area contributed by atoms with Crippen LogP contribution < -0.4 is 21.9 Å². The van der Waals surface area contributed by atoms with Gasteiger partial charge in [-0.25, -0.2) is 9.78 Å². The number of amides is 1. The van der Waals surface area contributed by atoms with E-state index in [9.17, 15) is 14.4 Å². The molecule has 2 saturated carbocycles. The number of rotatable bonds is 10. The number of aromatic amines is 1. The Morgan fingerprint density at radius 3 is 2.18 bits per heavy atom. The lowest BCUT2D eigenvalue weighted by molar-refractivity contribution is -0.116. The fraction of sp³-hybridized carbons (Fsp3) is 0.588. The minimum atomic E-state index is -0.267. The van der Waals surface area contributed by atoms with E-state index in [1.165, 1.54) is 43.1 Å². The van der Waals surface area contributed by atoms with Crippen LogP contribution in [-0.4, -0.2) is 69.2 Å². The molecule has 44 heavy (non-hydrogen) atoms. The van der Waals surface area contributed by atoms with E-state index < -0.39 is 0 Å². The first-order chi connectivity index (χ1) is 21.5. The van der Waals surface area contributed by atoms with Crippen LogP contribution in [0.3, 0.4) is 0 Å². The molecule has 1 aliphatic heterocycles. The molecule has 1 aromatic carbocycles. The fourth-order valence-corrected chi connectivity index (χ4v) is 7.14. The number of aromatic nitrogens is 4. The molecule has 2 aliphatic carbocycles. The second kappa shape index (κ2) is 14.5. The Morgan fingerprint density at radius 2 is 1.52 bits per heavy atom. The topological polar surface area (TPSA) is 117 Å². The Labute approximate surface area is 258 Å². The molecule has 2 aromatic heterocycles. The van der Waals surface area contributed by atoms with Crippen molar-refractivity contribution in [1.29, 1.82) is 0 Å². The van der Waals surface area contributed by atoms with Crippen molar-refractivity contribution >= 4 is 23.1 Å². The molecule has 0 radical (unpaired) electrons. The van der Waals surface area contributed by atoms with E-state index in [0.717, 1.165) is 69.5 Å². The number of hydrogen-bond donors (Lipinski definition) is 3. The lowest BCUT2D eigenvalue weighted by Gasteiger charge is -2.26. The quantitative estimate of drug-likeness (QED) is 0.305. The van der Waals surface area contributed by atoms with Crippen molar-refractivity contribution in [3.63, 3.8) is 0 Å². The van der Waals surface area contributed by atoms with E-state index >= 15 is 0 Å². The predicted octanol–water partition coefficient (Wildman–Crippen LogP) is 3.75. The molecule has 0 bridgehead atoms. The molecule has 3 fully saturated rings. The summed E-state index contributed by atoms with van der Waals surface area (Å²) < 4.78 is 3.25. The van der Waals surface area contributed by atoms with Crippen molar-refractivity contribution in [2.75, 3.05) is 39.3 Å². The maximum absolute atomic E-state index is 13.8. The Kier molecular flexibility index (Phi) is 10.1. The lowest BCUT2D eigenvalue weighted by Crippen LogP contribution is -2.46. The smallest absolute Gasteiger partial charge is 0.332 e. The first-order valence-electron chi connectivity index (χ1n) is 16.8. The Bertz CT molecular complexity index is 1550. The number of imidazole rings is 1. The molecule has 10 heteroatoms. The van der Waals surface area contributed by atoms with Gasteiger partial charge in [0.1, 0.15) is 11.3 Å². The Hall–Kier alpha value is -3.50. The van der Waals surface area contributed by atoms with Gasteiger partial charge < -0.3 is 15.6 Å². The molecular formula is C34H47N7O3. The third-order valence-corrected chi connectivity index (χ3v) is 9.74. The van der Waals surface area contributed by atoms with Crippen LogP contribution in [0.1, 0.15) is 69.8 Å². The molecular weight excluding hydrogens is 554 g/mol. The minimum absolute atomic E-state index is 0.109. The maximum Gasteiger partial charge on any atom is 0.332 e. The summed E-state index contributed by atoms with van der Waals surface area (Å²) in [6.07, 6.45) is 14.9. The van der Waals surface area contributed by atoms with Crippen molar-refractivity contribution in [2.24, 2.45) is 11.8 Å². The van der Waals surface area contributed by atoms with Crippen LogP contribution in [0.5, 0.6) is 0 Å². The molecule has 3 heterocycles. The number of H-pyrrole nitrogens is 1. The van der Waals surface area contributed by atoms with Gasteiger partial charge in [-0.3, -0.25) is 23.6 Å². The van der Waals surface area contributed by atoms with Crippen LogP contribution in [-0.2, 0) is 17.9 Å². The van der Waals surface area contributed by atoms with Crippen LogP contribution in [0.15, 0.2) is 39.9 Å².